The molecule has 1 aliphatic rings. The summed E-state index contributed by atoms with van der Waals surface area (Å²) in [7, 11) is 1.55. The van der Waals surface area contributed by atoms with E-state index in [-0.39, 0.29) is 6.04 Å². The van der Waals surface area contributed by atoms with Crippen LogP contribution in [0.15, 0.2) is 30.3 Å². The molecule has 0 radical (unpaired) electrons. The first kappa shape index (κ1) is 13.6. The highest BCUT2D eigenvalue weighted by molar-refractivity contribution is 5.45. The van der Waals surface area contributed by atoms with Gasteiger partial charge >= 0.3 is 0 Å². The summed E-state index contributed by atoms with van der Waals surface area (Å²) >= 11 is 0. The lowest BCUT2D eigenvalue weighted by Crippen LogP contribution is -2.14. The Morgan fingerprint density at radius 1 is 1.10 bits per heavy atom. The van der Waals surface area contributed by atoms with E-state index >= 15 is 0 Å². The van der Waals surface area contributed by atoms with E-state index in [0.717, 1.165) is 23.5 Å². The van der Waals surface area contributed by atoms with Gasteiger partial charge in [-0.1, -0.05) is 6.07 Å². The van der Waals surface area contributed by atoms with Crippen LogP contribution in [0.4, 0.5) is 0 Å². The number of ether oxygens (including phenoxy) is 3. The van der Waals surface area contributed by atoms with Gasteiger partial charge in [0.2, 0.25) is 5.88 Å². The number of aromatic nitrogens is 2. The van der Waals surface area contributed by atoms with Gasteiger partial charge in [0.15, 0.2) is 11.5 Å². The van der Waals surface area contributed by atoms with Crippen molar-refractivity contribution in [3.05, 3.63) is 41.6 Å². The largest absolute Gasteiger partial charge is 0.490 e. The molecule has 2 aromatic rings. The normalized spacial score (nSPS) is 15.1. The highest BCUT2D eigenvalue weighted by atomic mass is 16.5. The third kappa shape index (κ3) is 2.90. The molecule has 2 heterocycles. The number of rotatable bonds is 3. The maximum absolute atomic E-state index is 6.24. The van der Waals surface area contributed by atoms with Gasteiger partial charge in [0.25, 0.3) is 0 Å². The minimum absolute atomic E-state index is 0.374. The van der Waals surface area contributed by atoms with Crippen molar-refractivity contribution < 1.29 is 14.2 Å². The van der Waals surface area contributed by atoms with Crippen LogP contribution in [0, 0.1) is 0 Å². The molecule has 0 amide bonds. The Morgan fingerprint density at radius 2 is 1.90 bits per heavy atom. The Hall–Kier alpha value is -2.34. The zero-order valence-electron chi connectivity index (χ0n) is 11.8. The van der Waals surface area contributed by atoms with Crippen LogP contribution in [0.25, 0.3) is 0 Å². The topological polar surface area (TPSA) is 79.5 Å². The van der Waals surface area contributed by atoms with Gasteiger partial charge in [-0.15, -0.1) is 10.2 Å². The van der Waals surface area contributed by atoms with E-state index in [4.69, 9.17) is 19.9 Å². The van der Waals surface area contributed by atoms with E-state index in [0.29, 0.717) is 24.8 Å². The van der Waals surface area contributed by atoms with E-state index in [1.807, 2.05) is 18.2 Å². The van der Waals surface area contributed by atoms with E-state index in [1.165, 1.54) is 0 Å². The molecular weight excluding hydrogens is 270 g/mol. The Morgan fingerprint density at radius 3 is 2.62 bits per heavy atom. The Bertz CT molecular complexity index is 616. The van der Waals surface area contributed by atoms with Crippen molar-refractivity contribution in [3.8, 4) is 17.4 Å². The number of hydrogen-bond acceptors (Lipinski definition) is 6. The summed E-state index contributed by atoms with van der Waals surface area (Å²) in [6, 6.07) is 8.87. The van der Waals surface area contributed by atoms with E-state index in [2.05, 4.69) is 10.2 Å². The lowest BCUT2D eigenvalue weighted by molar-refractivity contribution is 0.297. The number of nitrogens with zero attached hydrogens (tertiary/aromatic N) is 2. The minimum atomic E-state index is -0.374. The molecule has 0 saturated heterocycles. The van der Waals surface area contributed by atoms with Crippen LogP contribution in [0.2, 0.25) is 0 Å². The molecule has 0 aliphatic carbocycles. The van der Waals surface area contributed by atoms with E-state index < -0.39 is 0 Å². The molecule has 0 spiro atoms. The second-order valence-electron chi connectivity index (χ2n) is 4.73. The van der Waals surface area contributed by atoms with Gasteiger partial charge in [0.05, 0.1) is 32.1 Å². The summed E-state index contributed by atoms with van der Waals surface area (Å²) < 4.78 is 16.3. The molecule has 2 N–H and O–H groups in total. The monoisotopic (exact) mass is 287 g/mol. The maximum atomic E-state index is 6.24. The van der Waals surface area contributed by atoms with Gasteiger partial charge in [-0.2, -0.15) is 0 Å². The zero-order valence-corrected chi connectivity index (χ0v) is 11.8. The lowest BCUT2D eigenvalue weighted by atomic mass is 10.0. The Balaban J connectivity index is 1.86. The molecule has 1 aromatic carbocycles. The minimum Gasteiger partial charge on any atom is -0.490 e. The summed E-state index contributed by atoms with van der Waals surface area (Å²) in [5.41, 5.74) is 7.81. The van der Waals surface area contributed by atoms with Gasteiger partial charge < -0.3 is 19.9 Å². The maximum Gasteiger partial charge on any atom is 0.233 e. The number of nitrogens with two attached hydrogens (primary N) is 1. The summed E-state index contributed by atoms with van der Waals surface area (Å²) in [4.78, 5) is 0. The second-order valence-corrected chi connectivity index (χ2v) is 4.73. The fraction of sp³-hybridized carbons (Fsp3) is 0.333. The highest BCUT2D eigenvalue weighted by Gasteiger charge is 2.16. The number of methoxy groups -OCH3 is 1. The summed E-state index contributed by atoms with van der Waals surface area (Å²) in [5.74, 6) is 1.94. The molecule has 1 unspecified atom stereocenters. The van der Waals surface area contributed by atoms with Crippen molar-refractivity contribution >= 4 is 0 Å². The molecule has 3 rings (SSSR count). The molecular formula is C15H17N3O3. The zero-order chi connectivity index (χ0) is 14.7. The van der Waals surface area contributed by atoms with E-state index in [9.17, 15) is 0 Å². The van der Waals surface area contributed by atoms with Crippen LogP contribution in [-0.4, -0.2) is 30.5 Å². The molecule has 0 saturated carbocycles. The third-order valence-electron chi connectivity index (χ3n) is 3.32. The Labute approximate surface area is 122 Å². The van der Waals surface area contributed by atoms with Crippen molar-refractivity contribution in [2.24, 2.45) is 5.73 Å². The number of hydrogen-bond donors (Lipinski definition) is 1. The molecule has 1 aromatic heterocycles. The molecule has 110 valence electrons. The third-order valence-corrected chi connectivity index (χ3v) is 3.32. The predicted molar refractivity (Wildman–Crippen MR) is 76.7 cm³/mol. The molecule has 1 atom stereocenters. The molecule has 1 aliphatic heterocycles. The van der Waals surface area contributed by atoms with Crippen LogP contribution in [0.1, 0.15) is 23.7 Å². The first-order chi connectivity index (χ1) is 10.3. The lowest BCUT2D eigenvalue weighted by Gasteiger charge is -2.14. The van der Waals surface area contributed by atoms with Crippen LogP contribution in [-0.2, 0) is 0 Å². The first-order valence-corrected chi connectivity index (χ1v) is 6.80. The van der Waals surface area contributed by atoms with Crippen molar-refractivity contribution in [3.63, 3.8) is 0 Å². The van der Waals surface area contributed by atoms with Crippen molar-refractivity contribution in [2.75, 3.05) is 20.3 Å². The average molecular weight is 287 g/mol. The first-order valence-electron chi connectivity index (χ1n) is 6.80. The fourth-order valence-electron chi connectivity index (χ4n) is 2.15. The highest BCUT2D eigenvalue weighted by Crippen LogP contribution is 2.33. The number of benzene rings is 1. The Kier molecular flexibility index (Phi) is 3.87. The SMILES string of the molecule is COc1ccc(C(N)c2ccc3c(c2)OCCCO3)nn1. The summed E-state index contributed by atoms with van der Waals surface area (Å²) in [5, 5.41) is 8.02. The molecule has 0 bridgehead atoms. The smallest absolute Gasteiger partial charge is 0.233 e. The number of fused-ring (bicyclic) bond motifs is 1. The van der Waals surface area contributed by atoms with Crippen LogP contribution in [0.3, 0.4) is 0 Å². The van der Waals surface area contributed by atoms with Gasteiger partial charge in [-0.05, 0) is 23.8 Å². The average Bonchev–Trinajstić information content (AvgIpc) is 2.79. The van der Waals surface area contributed by atoms with E-state index in [1.54, 1.807) is 19.2 Å². The summed E-state index contributed by atoms with van der Waals surface area (Å²) in [6.07, 6.45) is 0.875. The fourth-order valence-corrected chi connectivity index (χ4v) is 2.15. The molecule has 6 nitrogen and oxygen atoms in total. The quantitative estimate of drug-likeness (QED) is 0.925. The molecule has 21 heavy (non-hydrogen) atoms. The van der Waals surface area contributed by atoms with Crippen LogP contribution < -0.4 is 19.9 Å². The van der Waals surface area contributed by atoms with Gasteiger partial charge in [-0.25, -0.2) is 0 Å². The van der Waals surface area contributed by atoms with Gasteiger partial charge in [0.1, 0.15) is 0 Å². The van der Waals surface area contributed by atoms with Crippen LogP contribution in [0.5, 0.6) is 17.4 Å². The van der Waals surface area contributed by atoms with Crippen molar-refractivity contribution in [1.29, 1.82) is 0 Å². The van der Waals surface area contributed by atoms with Crippen LogP contribution >= 0.6 is 0 Å². The summed E-state index contributed by atoms with van der Waals surface area (Å²) in [6.45, 7) is 1.32. The standard InChI is InChI=1S/C15H17N3O3/c1-19-14-6-4-11(17-18-14)15(16)10-3-5-12-13(9-10)21-8-2-7-20-12/h3-6,9,15H,2,7-8,16H2,1H3. The van der Waals surface area contributed by atoms with Crippen molar-refractivity contribution in [1.82, 2.24) is 10.2 Å². The van der Waals surface area contributed by atoms with Gasteiger partial charge in [0, 0.05) is 12.5 Å². The molecule has 6 heteroatoms. The van der Waals surface area contributed by atoms with Gasteiger partial charge in [-0.3, -0.25) is 0 Å². The molecule has 0 fully saturated rings. The predicted octanol–water partition coefficient (Wildman–Crippen LogP) is 1.69. The van der Waals surface area contributed by atoms with Crippen molar-refractivity contribution in [2.45, 2.75) is 12.5 Å². The second kappa shape index (κ2) is 5.97.